The molecule has 364 valence electrons. The molecule has 2 aromatic heterocycles. The Balaban J connectivity index is 0.931. The molecule has 3 N–H and O–H groups in total. The highest BCUT2D eigenvalue weighted by Crippen LogP contribution is 2.41. The van der Waals surface area contributed by atoms with Crippen LogP contribution in [0.4, 0.5) is 26.8 Å². The van der Waals surface area contributed by atoms with Crippen molar-refractivity contribution in [3.63, 3.8) is 0 Å². The fourth-order valence-electron chi connectivity index (χ4n) is 8.39. The Kier molecular flexibility index (Phi) is 16.1. The molecule has 0 radical (unpaired) electrons. The standard InChI is InChI=1S/C50H58N8O11/c1-7-18-67-49(63)52-35-16-14-33(15-17-35)27-51-46(61)38-24-34(29-55(38)5)25-40(59)45-54-42(30-56(45)6)53-43(60)12-11-21-65-41-26-37-36(23-32(41)4)47(62)57-28-31(3)22-39(57)48(58(37)50(64)68-19-8-2)69-44-13-9-10-20-66-44/h7-8,14-17,23-24,26,29-30,39,44,48H,1-3,9-13,18-22,25,27-28H2,4-6H3,(H,51,61)(H,52,63)(H,53,60)/t39-,44?,48?/m0/s1. The fraction of sp³-hybridized carbons (Fsp3) is 0.380. The van der Waals surface area contributed by atoms with Gasteiger partial charge in [0.15, 0.2) is 24.2 Å². The second-order valence-corrected chi connectivity index (χ2v) is 17.0. The summed E-state index contributed by atoms with van der Waals surface area (Å²) < 4.78 is 32.3. The predicted octanol–water partition coefficient (Wildman–Crippen LogP) is 6.74. The number of ether oxygens (including phenoxy) is 5. The van der Waals surface area contributed by atoms with Crippen molar-refractivity contribution in [3.05, 3.63) is 126 Å². The Hall–Kier alpha value is -7.51. The lowest BCUT2D eigenvalue weighted by Crippen LogP contribution is -2.54. The number of aryl methyl sites for hydroxylation is 3. The monoisotopic (exact) mass is 946 g/mol. The van der Waals surface area contributed by atoms with Crippen molar-refractivity contribution in [3.8, 4) is 5.75 Å². The molecule has 0 spiro atoms. The first-order valence-electron chi connectivity index (χ1n) is 22.7. The average molecular weight is 947 g/mol. The van der Waals surface area contributed by atoms with Crippen LogP contribution in [0, 0.1) is 6.92 Å². The quantitative estimate of drug-likeness (QED) is 0.0507. The molecular formula is C50H58N8O11. The van der Waals surface area contributed by atoms with Crippen LogP contribution in [0.1, 0.15) is 86.7 Å². The number of hydrogen-bond acceptors (Lipinski definition) is 12. The molecule has 7 rings (SSSR count). The topological polar surface area (TPSA) is 214 Å². The molecule has 19 heteroatoms. The van der Waals surface area contributed by atoms with Gasteiger partial charge in [0.2, 0.25) is 11.7 Å². The highest BCUT2D eigenvalue weighted by atomic mass is 16.7. The van der Waals surface area contributed by atoms with Gasteiger partial charge in [0.1, 0.15) is 24.7 Å². The van der Waals surface area contributed by atoms with E-state index < -0.39 is 30.7 Å². The van der Waals surface area contributed by atoms with Crippen LogP contribution < -0.4 is 25.6 Å². The number of Topliss-reactive ketones (excluding diaryl/α,β-unsaturated/α-hetero) is 1. The third-order valence-corrected chi connectivity index (χ3v) is 11.7. The zero-order chi connectivity index (χ0) is 49.2. The van der Waals surface area contributed by atoms with Gasteiger partial charge in [0.05, 0.1) is 23.9 Å². The SMILES string of the molecule is C=CCOC(=O)Nc1ccc(CNC(=O)c2cc(CC(=O)c3nc(NC(=O)CCCOc4cc5c(cc4C)C(=O)N4CC(=C)C[C@H]4C(OC4CCCCO4)N5C(=O)OCC=C)cn3C)cn2C)cc1. The van der Waals surface area contributed by atoms with Crippen molar-refractivity contribution in [1.82, 2.24) is 24.3 Å². The van der Waals surface area contributed by atoms with Crippen LogP contribution in [-0.2, 0) is 50.8 Å². The second-order valence-electron chi connectivity index (χ2n) is 17.0. The zero-order valence-corrected chi connectivity index (χ0v) is 39.1. The van der Waals surface area contributed by atoms with Gasteiger partial charge in [-0.2, -0.15) is 0 Å². The van der Waals surface area contributed by atoms with E-state index in [4.69, 9.17) is 23.7 Å². The van der Waals surface area contributed by atoms with E-state index >= 15 is 0 Å². The van der Waals surface area contributed by atoms with Crippen molar-refractivity contribution in [1.29, 1.82) is 0 Å². The molecule has 5 heterocycles. The molecule has 2 aromatic carbocycles. The van der Waals surface area contributed by atoms with Crippen molar-refractivity contribution < 1.29 is 52.5 Å². The Morgan fingerprint density at radius 2 is 1.71 bits per heavy atom. The van der Waals surface area contributed by atoms with Gasteiger partial charge in [0, 0.05) is 70.8 Å². The van der Waals surface area contributed by atoms with Crippen LogP contribution in [-0.4, -0.2) is 106 Å². The number of nitrogens with one attached hydrogen (secondary N) is 3. The number of aromatic nitrogens is 3. The summed E-state index contributed by atoms with van der Waals surface area (Å²) in [6.45, 7) is 14.3. The fourth-order valence-corrected chi connectivity index (χ4v) is 8.39. The number of imidazole rings is 1. The summed E-state index contributed by atoms with van der Waals surface area (Å²) in [5.74, 6) is -0.550. The van der Waals surface area contributed by atoms with Gasteiger partial charge in [-0.1, -0.05) is 49.6 Å². The smallest absolute Gasteiger partial charge is 0.416 e. The maximum Gasteiger partial charge on any atom is 0.416 e. The molecule has 3 atom stereocenters. The van der Waals surface area contributed by atoms with Gasteiger partial charge < -0.3 is 48.4 Å². The Morgan fingerprint density at radius 1 is 0.942 bits per heavy atom. The number of rotatable bonds is 19. The van der Waals surface area contributed by atoms with E-state index in [0.717, 1.165) is 24.0 Å². The summed E-state index contributed by atoms with van der Waals surface area (Å²) in [6.07, 6.45) is 6.50. The summed E-state index contributed by atoms with van der Waals surface area (Å²) in [6, 6.07) is 11.4. The summed E-state index contributed by atoms with van der Waals surface area (Å²) >= 11 is 0. The molecule has 69 heavy (non-hydrogen) atoms. The lowest BCUT2D eigenvalue weighted by atomic mass is 10.1. The number of ketones is 1. The van der Waals surface area contributed by atoms with Crippen LogP contribution in [0.25, 0.3) is 0 Å². The largest absolute Gasteiger partial charge is 0.493 e. The van der Waals surface area contributed by atoms with E-state index in [1.54, 1.807) is 85.3 Å². The van der Waals surface area contributed by atoms with Crippen molar-refractivity contribution in [2.75, 3.05) is 48.5 Å². The maximum atomic E-state index is 14.2. The van der Waals surface area contributed by atoms with Gasteiger partial charge in [-0.25, -0.2) is 19.5 Å². The molecule has 4 aromatic rings. The number of fused-ring (bicyclic) bond motifs is 2. The predicted molar refractivity (Wildman–Crippen MR) is 255 cm³/mol. The lowest BCUT2D eigenvalue weighted by Gasteiger charge is -2.38. The first kappa shape index (κ1) is 49.4. The van der Waals surface area contributed by atoms with E-state index in [1.807, 2.05) is 0 Å². The zero-order valence-electron chi connectivity index (χ0n) is 39.1. The second kappa shape index (κ2) is 22.5. The molecule has 2 fully saturated rings. The van der Waals surface area contributed by atoms with E-state index in [9.17, 15) is 28.8 Å². The first-order chi connectivity index (χ1) is 33.2. The van der Waals surface area contributed by atoms with Crippen LogP contribution in [0.15, 0.2) is 92.3 Å². The molecule has 0 bridgehead atoms. The minimum absolute atomic E-state index is 0.0400. The van der Waals surface area contributed by atoms with Crippen LogP contribution in [0.3, 0.4) is 0 Å². The third kappa shape index (κ3) is 12.2. The van der Waals surface area contributed by atoms with Gasteiger partial charge in [-0.3, -0.25) is 24.5 Å². The maximum absolute atomic E-state index is 14.2. The average Bonchev–Trinajstić information content (AvgIpc) is 4.02. The van der Waals surface area contributed by atoms with E-state index in [2.05, 4.69) is 40.7 Å². The molecule has 2 unspecified atom stereocenters. The summed E-state index contributed by atoms with van der Waals surface area (Å²) in [5.41, 5.74) is 4.33. The first-order valence-corrected chi connectivity index (χ1v) is 22.7. The number of anilines is 3. The minimum Gasteiger partial charge on any atom is -0.493 e. The van der Waals surface area contributed by atoms with E-state index in [-0.39, 0.29) is 85.6 Å². The normalized spacial score (nSPS) is 17.5. The number of amides is 5. The molecule has 0 aliphatic carbocycles. The third-order valence-electron chi connectivity index (χ3n) is 11.7. The molecule has 2 saturated heterocycles. The van der Waals surface area contributed by atoms with Gasteiger partial charge in [-0.15, -0.1) is 0 Å². The number of carbonyl (C=O) groups excluding carboxylic acids is 6. The Bertz CT molecular complexity index is 2610. The molecule has 3 aliphatic rings. The van der Waals surface area contributed by atoms with Gasteiger partial charge in [0.25, 0.3) is 11.8 Å². The number of benzene rings is 2. The van der Waals surface area contributed by atoms with Gasteiger partial charge >= 0.3 is 12.2 Å². The molecule has 19 nitrogen and oxygen atoms in total. The summed E-state index contributed by atoms with van der Waals surface area (Å²) in [5, 5.41) is 8.23. The summed E-state index contributed by atoms with van der Waals surface area (Å²) in [7, 11) is 3.36. The van der Waals surface area contributed by atoms with Gasteiger partial charge in [-0.05, 0) is 80.0 Å². The van der Waals surface area contributed by atoms with Crippen LogP contribution >= 0.6 is 0 Å². The Morgan fingerprint density at radius 3 is 2.45 bits per heavy atom. The molecule has 5 amide bonds. The number of nitrogens with zero attached hydrogens (tertiary/aromatic N) is 5. The number of carbonyl (C=O) groups is 6. The van der Waals surface area contributed by atoms with E-state index in [0.29, 0.717) is 60.7 Å². The highest BCUT2D eigenvalue weighted by Gasteiger charge is 2.48. The highest BCUT2D eigenvalue weighted by molar-refractivity contribution is 6.06. The van der Waals surface area contributed by atoms with Crippen molar-refractivity contribution >= 4 is 52.9 Å². The van der Waals surface area contributed by atoms with E-state index in [1.165, 1.54) is 21.6 Å². The minimum atomic E-state index is -0.947. The summed E-state index contributed by atoms with van der Waals surface area (Å²) in [4.78, 5) is 86.9. The number of hydrogen-bond donors (Lipinski definition) is 3. The molecular weight excluding hydrogens is 889 g/mol. The molecule has 0 saturated carbocycles. The van der Waals surface area contributed by atoms with Crippen molar-refractivity contribution in [2.24, 2.45) is 14.1 Å². The van der Waals surface area contributed by atoms with Crippen LogP contribution in [0.5, 0.6) is 5.75 Å². The van der Waals surface area contributed by atoms with Crippen molar-refractivity contribution in [2.45, 2.75) is 77.0 Å². The Labute approximate surface area is 400 Å². The van der Waals surface area contributed by atoms with Crippen LogP contribution in [0.2, 0.25) is 0 Å². The lowest BCUT2D eigenvalue weighted by molar-refractivity contribution is -0.195. The molecule has 3 aliphatic heterocycles.